The van der Waals surface area contributed by atoms with Gasteiger partial charge < -0.3 is 10.6 Å². The minimum absolute atomic E-state index is 0.434. The molecule has 4 heteroatoms. The third-order valence-corrected chi connectivity index (χ3v) is 3.74. The summed E-state index contributed by atoms with van der Waals surface area (Å²) in [5.41, 5.74) is 7.54. The topological polar surface area (TPSA) is 42.1 Å². The molecule has 0 bridgehead atoms. The maximum atomic E-state index is 5.69. The van der Waals surface area contributed by atoms with Gasteiger partial charge in [0.05, 0.1) is 0 Å². The monoisotopic (exact) mass is 249 g/mol. The average molecular weight is 249 g/mol. The molecule has 0 radical (unpaired) electrons. The summed E-state index contributed by atoms with van der Waals surface area (Å²) in [7, 11) is 2.09. The van der Waals surface area contributed by atoms with Gasteiger partial charge in [0.15, 0.2) is 0 Å². The van der Waals surface area contributed by atoms with Crippen molar-refractivity contribution >= 4 is 23.0 Å². The molecule has 1 aromatic heterocycles. The Morgan fingerprint density at radius 1 is 1.53 bits per heavy atom. The molecule has 0 spiro atoms. The predicted octanol–water partition coefficient (Wildman–Crippen LogP) is 2.26. The fourth-order valence-electron chi connectivity index (χ4n) is 2.08. The van der Waals surface area contributed by atoms with Gasteiger partial charge in [-0.15, -0.1) is 0 Å². The van der Waals surface area contributed by atoms with Gasteiger partial charge in [-0.25, -0.2) is 4.98 Å². The van der Waals surface area contributed by atoms with E-state index in [4.69, 9.17) is 18.0 Å². The van der Waals surface area contributed by atoms with Crippen molar-refractivity contribution in [2.24, 2.45) is 11.7 Å². The third kappa shape index (κ3) is 2.75. The minimum Gasteiger partial charge on any atom is -0.389 e. The SMILES string of the molecule is Cc1cc(C(N)=S)cc(N(C)C(C)C2CC2)n1. The Kier molecular flexibility index (Phi) is 3.33. The summed E-state index contributed by atoms with van der Waals surface area (Å²) in [6, 6.07) is 4.44. The number of rotatable bonds is 4. The quantitative estimate of drug-likeness (QED) is 0.831. The van der Waals surface area contributed by atoms with E-state index in [1.54, 1.807) is 0 Å². The minimum atomic E-state index is 0.434. The summed E-state index contributed by atoms with van der Waals surface area (Å²) in [6.07, 6.45) is 2.67. The molecule has 0 amide bonds. The van der Waals surface area contributed by atoms with Crippen LogP contribution in [-0.4, -0.2) is 23.1 Å². The highest BCUT2D eigenvalue weighted by Crippen LogP contribution is 2.35. The lowest BCUT2D eigenvalue weighted by Gasteiger charge is -2.26. The highest BCUT2D eigenvalue weighted by atomic mass is 32.1. The van der Waals surface area contributed by atoms with Gasteiger partial charge in [-0.05, 0) is 44.7 Å². The van der Waals surface area contributed by atoms with Gasteiger partial charge in [0.1, 0.15) is 10.8 Å². The molecule has 1 saturated carbocycles. The van der Waals surface area contributed by atoms with Crippen molar-refractivity contribution in [2.45, 2.75) is 32.7 Å². The van der Waals surface area contributed by atoms with Gasteiger partial charge in [-0.1, -0.05) is 12.2 Å². The van der Waals surface area contributed by atoms with Gasteiger partial charge >= 0.3 is 0 Å². The first-order valence-corrected chi connectivity index (χ1v) is 6.41. The highest BCUT2D eigenvalue weighted by molar-refractivity contribution is 7.80. The molecule has 1 unspecified atom stereocenters. The predicted molar refractivity (Wildman–Crippen MR) is 75.5 cm³/mol. The van der Waals surface area contributed by atoms with E-state index in [0.29, 0.717) is 11.0 Å². The molecule has 0 aromatic carbocycles. The molecule has 0 saturated heterocycles. The van der Waals surface area contributed by atoms with Crippen LogP contribution in [0.15, 0.2) is 12.1 Å². The number of hydrogen-bond acceptors (Lipinski definition) is 3. The average Bonchev–Trinajstić information content (AvgIpc) is 3.10. The van der Waals surface area contributed by atoms with Gasteiger partial charge in [0.25, 0.3) is 0 Å². The van der Waals surface area contributed by atoms with Crippen molar-refractivity contribution in [2.75, 3.05) is 11.9 Å². The molecule has 1 aliphatic rings. The first-order chi connectivity index (χ1) is 7.99. The summed E-state index contributed by atoms with van der Waals surface area (Å²) in [4.78, 5) is 7.22. The van der Waals surface area contributed by atoms with Crippen molar-refractivity contribution in [3.8, 4) is 0 Å². The zero-order chi connectivity index (χ0) is 12.6. The second-order valence-electron chi connectivity index (χ2n) is 4.91. The fraction of sp³-hybridized carbons (Fsp3) is 0.538. The molecule has 2 N–H and O–H groups in total. The van der Waals surface area contributed by atoms with Crippen LogP contribution in [-0.2, 0) is 0 Å². The summed E-state index contributed by atoms with van der Waals surface area (Å²) in [6.45, 7) is 4.23. The number of anilines is 1. The van der Waals surface area contributed by atoms with Crippen molar-refractivity contribution in [3.63, 3.8) is 0 Å². The molecular weight excluding hydrogens is 230 g/mol. The van der Waals surface area contributed by atoms with Crippen LogP contribution in [0.3, 0.4) is 0 Å². The molecule has 2 rings (SSSR count). The second-order valence-corrected chi connectivity index (χ2v) is 5.35. The van der Waals surface area contributed by atoms with Crippen molar-refractivity contribution in [1.82, 2.24) is 4.98 Å². The molecule has 1 fully saturated rings. The Bertz CT molecular complexity index is 440. The van der Waals surface area contributed by atoms with Crippen molar-refractivity contribution in [3.05, 3.63) is 23.4 Å². The third-order valence-electron chi connectivity index (χ3n) is 3.50. The van der Waals surface area contributed by atoms with Crippen LogP contribution in [0.1, 0.15) is 31.0 Å². The van der Waals surface area contributed by atoms with Crippen LogP contribution in [0.5, 0.6) is 0 Å². The molecule has 1 heterocycles. The van der Waals surface area contributed by atoms with E-state index < -0.39 is 0 Å². The number of pyridine rings is 1. The van der Waals surface area contributed by atoms with Crippen molar-refractivity contribution < 1.29 is 0 Å². The van der Waals surface area contributed by atoms with Crippen LogP contribution >= 0.6 is 12.2 Å². The lowest BCUT2D eigenvalue weighted by molar-refractivity contribution is 0.603. The van der Waals surface area contributed by atoms with Crippen LogP contribution in [0, 0.1) is 12.8 Å². The highest BCUT2D eigenvalue weighted by Gasteiger charge is 2.31. The Labute approximate surface area is 108 Å². The molecular formula is C13H19N3S. The Morgan fingerprint density at radius 2 is 2.18 bits per heavy atom. The Balaban J connectivity index is 2.27. The number of hydrogen-bond donors (Lipinski definition) is 1. The van der Waals surface area contributed by atoms with E-state index in [1.807, 2.05) is 19.1 Å². The maximum Gasteiger partial charge on any atom is 0.129 e. The Hall–Kier alpha value is -1.16. The lowest BCUT2D eigenvalue weighted by atomic mass is 10.1. The fourth-order valence-corrected chi connectivity index (χ4v) is 2.20. The number of aryl methyl sites for hydroxylation is 1. The van der Waals surface area contributed by atoms with Crippen molar-refractivity contribution in [1.29, 1.82) is 0 Å². The van der Waals surface area contributed by atoms with E-state index in [2.05, 4.69) is 23.9 Å². The van der Waals surface area contributed by atoms with Crippen LogP contribution in [0.2, 0.25) is 0 Å². The normalized spacial score (nSPS) is 16.6. The van der Waals surface area contributed by atoms with Gasteiger partial charge in [-0.2, -0.15) is 0 Å². The Morgan fingerprint density at radius 3 is 2.71 bits per heavy atom. The molecule has 1 atom stereocenters. The summed E-state index contributed by atoms with van der Waals surface area (Å²) in [5, 5.41) is 0. The zero-order valence-electron chi connectivity index (χ0n) is 10.6. The van der Waals surface area contributed by atoms with E-state index in [0.717, 1.165) is 23.0 Å². The number of nitrogens with two attached hydrogens (primary N) is 1. The van der Waals surface area contributed by atoms with Crippen LogP contribution < -0.4 is 10.6 Å². The second kappa shape index (κ2) is 4.61. The first kappa shape index (κ1) is 12.3. The van der Waals surface area contributed by atoms with E-state index in [1.165, 1.54) is 12.8 Å². The zero-order valence-corrected chi connectivity index (χ0v) is 11.4. The molecule has 3 nitrogen and oxygen atoms in total. The van der Waals surface area contributed by atoms with E-state index in [9.17, 15) is 0 Å². The summed E-state index contributed by atoms with van der Waals surface area (Å²) >= 11 is 5.03. The number of aromatic nitrogens is 1. The van der Waals surface area contributed by atoms with Gasteiger partial charge in [0.2, 0.25) is 0 Å². The molecule has 0 aliphatic heterocycles. The van der Waals surface area contributed by atoms with Gasteiger partial charge in [0, 0.05) is 24.3 Å². The van der Waals surface area contributed by atoms with Crippen LogP contribution in [0.25, 0.3) is 0 Å². The first-order valence-electron chi connectivity index (χ1n) is 6.00. The lowest BCUT2D eigenvalue weighted by Crippen LogP contribution is -2.31. The molecule has 1 aliphatic carbocycles. The molecule has 17 heavy (non-hydrogen) atoms. The van der Waals surface area contributed by atoms with E-state index >= 15 is 0 Å². The standard InChI is InChI=1S/C13H19N3S/c1-8-6-11(13(14)17)7-12(15-8)16(3)9(2)10-4-5-10/h6-7,9-10H,4-5H2,1-3H3,(H2,14,17). The summed E-state index contributed by atoms with van der Waals surface area (Å²) in [5.74, 6) is 1.78. The summed E-state index contributed by atoms with van der Waals surface area (Å²) < 4.78 is 0. The van der Waals surface area contributed by atoms with E-state index in [-0.39, 0.29) is 0 Å². The smallest absolute Gasteiger partial charge is 0.129 e. The molecule has 92 valence electrons. The van der Waals surface area contributed by atoms with Crippen LogP contribution in [0.4, 0.5) is 5.82 Å². The number of nitrogens with zero attached hydrogens (tertiary/aromatic N) is 2. The van der Waals surface area contributed by atoms with Gasteiger partial charge in [-0.3, -0.25) is 0 Å². The largest absolute Gasteiger partial charge is 0.389 e. The molecule has 1 aromatic rings. The number of thiocarbonyl (C=S) groups is 1. The maximum absolute atomic E-state index is 5.69.